The lowest BCUT2D eigenvalue weighted by Gasteiger charge is -2.17. The van der Waals surface area contributed by atoms with Crippen LogP contribution in [0.25, 0.3) is 0 Å². The first-order chi connectivity index (χ1) is 7.65. The first-order valence-corrected chi connectivity index (χ1v) is 5.19. The third kappa shape index (κ3) is 2.34. The monoisotopic (exact) mass is 216 g/mol. The number of rotatable bonds is 3. The van der Waals surface area contributed by atoms with E-state index in [1.807, 2.05) is 44.7 Å². The Labute approximate surface area is 95.3 Å². The van der Waals surface area contributed by atoms with Crippen LogP contribution in [0.5, 0.6) is 0 Å². The predicted molar refractivity (Wildman–Crippen MR) is 66.2 cm³/mol. The van der Waals surface area contributed by atoms with Crippen molar-refractivity contribution in [1.29, 1.82) is 0 Å². The molecule has 0 saturated carbocycles. The first-order valence-electron chi connectivity index (χ1n) is 5.19. The maximum absolute atomic E-state index is 5.74. The summed E-state index contributed by atoms with van der Waals surface area (Å²) in [6.07, 6.45) is 3.85. The van der Waals surface area contributed by atoms with Gasteiger partial charge in [-0.15, -0.1) is 0 Å². The van der Waals surface area contributed by atoms with E-state index in [0.717, 1.165) is 17.9 Å². The molecule has 0 radical (unpaired) electrons. The van der Waals surface area contributed by atoms with Crippen molar-refractivity contribution in [3.63, 3.8) is 0 Å². The quantitative estimate of drug-likeness (QED) is 0.793. The van der Waals surface area contributed by atoms with Gasteiger partial charge in [-0.2, -0.15) is 5.10 Å². The molecule has 0 aliphatic rings. The van der Waals surface area contributed by atoms with Crippen LogP contribution in [-0.4, -0.2) is 16.8 Å². The summed E-state index contributed by atoms with van der Waals surface area (Å²) in [6.45, 7) is 0.830. The summed E-state index contributed by atoms with van der Waals surface area (Å²) in [5.74, 6) is 0. The highest BCUT2D eigenvalue weighted by Crippen LogP contribution is 2.15. The Morgan fingerprint density at radius 3 is 2.88 bits per heavy atom. The number of anilines is 2. The molecule has 2 rings (SSSR count). The smallest absolute Gasteiger partial charge is 0.0752 e. The number of nitrogen functional groups attached to an aromatic ring is 1. The second-order valence-corrected chi connectivity index (χ2v) is 3.97. The van der Waals surface area contributed by atoms with E-state index in [9.17, 15) is 0 Å². The van der Waals surface area contributed by atoms with Crippen LogP contribution in [0.1, 0.15) is 5.56 Å². The number of aryl methyl sites for hydroxylation is 1. The summed E-state index contributed by atoms with van der Waals surface area (Å²) in [5.41, 5.74) is 8.85. The van der Waals surface area contributed by atoms with Crippen molar-refractivity contribution in [2.24, 2.45) is 7.05 Å². The Bertz CT molecular complexity index is 475. The number of hydrogen-bond donors (Lipinski definition) is 1. The first kappa shape index (κ1) is 10.5. The lowest BCUT2D eigenvalue weighted by atomic mass is 10.2. The van der Waals surface area contributed by atoms with Crippen molar-refractivity contribution >= 4 is 11.4 Å². The molecule has 1 heterocycles. The molecule has 0 aliphatic heterocycles. The van der Waals surface area contributed by atoms with Gasteiger partial charge in [0.1, 0.15) is 0 Å². The van der Waals surface area contributed by atoms with Crippen LogP contribution in [0.3, 0.4) is 0 Å². The van der Waals surface area contributed by atoms with Gasteiger partial charge in [0.2, 0.25) is 0 Å². The number of hydrogen-bond acceptors (Lipinski definition) is 3. The van der Waals surface area contributed by atoms with Gasteiger partial charge in [-0.3, -0.25) is 4.68 Å². The average Bonchev–Trinajstić information content (AvgIpc) is 2.65. The average molecular weight is 216 g/mol. The van der Waals surface area contributed by atoms with E-state index < -0.39 is 0 Å². The zero-order chi connectivity index (χ0) is 11.5. The van der Waals surface area contributed by atoms with Crippen LogP contribution in [0.15, 0.2) is 36.7 Å². The second-order valence-electron chi connectivity index (χ2n) is 3.97. The predicted octanol–water partition coefficient (Wildman–Crippen LogP) is 1.64. The van der Waals surface area contributed by atoms with Gasteiger partial charge in [0.05, 0.1) is 11.9 Å². The zero-order valence-corrected chi connectivity index (χ0v) is 9.59. The van der Waals surface area contributed by atoms with Gasteiger partial charge in [-0.05, 0) is 17.7 Å². The Hall–Kier alpha value is -1.97. The normalized spacial score (nSPS) is 10.4. The molecule has 0 saturated heterocycles. The maximum atomic E-state index is 5.74. The summed E-state index contributed by atoms with van der Waals surface area (Å²) >= 11 is 0. The highest BCUT2D eigenvalue weighted by atomic mass is 15.3. The van der Waals surface area contributed by atoms with Gasteiger partial charge < -0.3 is 10.6 Å². The van der Waals surface area contributed by atoms with Crippen LogP contribution >= 0.6 is 0 Å². The standard InChI is InChI=1S/C12H16N4/c1-15(12-7-14-16(2)9-12)8-10-4-3-5-11(13)6-10/h3-7,9H,8,13H2,1-2H3. The van der Waals surface area contributed by atoms with Gasteiger partial charge in [-0.25, -0.2) is 0 Å². The summed E-state index contributed by atoms with van der Waals surface area (Å²) in [6, 6.07) is 7.94. The van der Waals surface area contributed by atoms with Crippen LogP contribution in [0, 0.1) is 0 Å². The third-order valence-electron chi connectivity index (χ3n) is 2.50. The number of nitrogens with zero attached hydrogens (tertiary/aromatic N) is 3. The molecular formula is C12H16N4. The molecule has 0 unspecified atom stereocenters. The molecule has 0 amide bonds. The Kier molecular flexibility index (Phi) is 2.81. The van der Waals surface area contributed by atoms with Gasteiger partial charge in [-0.1, -0.05) is 12.1 Å². The highest BCUT2D eigenvalue weighted by molar-refractivity contribution is 5.45. The van der Waals surface area contributed by atoms with E-state index in [4.69, 9.17) is 5.73 Å². The summed E-state index contributed by atoms with van der Waals surface area (Å²) in [4.78, 5) is 2.14. The zero-order valence-electron chi connectivity index (χ0n) is 9.59. The lowest BCUT2D eigenvalue weighted by Crippen LogP contribution is -2.15. The topological polar surface area (TPSA) is 47.1 Å². The lowest BCUT2D eigenvalue weighted by molar-refractivity contribution is 0.767. The van der Waals surface area contributed by atoms with E-state index in [2.05, 4.69) is 16.1 Å². The number of benzene rings is 1. The fourth-order valence-corrected chi connectivity index (χ4v) is 1.66. The molecule has 4 heteroatoms. The molecule has 1 aromatic carbocycles. The van der Waals surface area contributed by atoms with Crippen LogP contribution in [0.4, 0.5) is 11.4 Å². The summed E-state index contributed by atoms with van der Waals surface area (Å²) < 4.78 is 1.80. The molecule has 0 spiro atoms. The molecule has 0 bridgehead atoms. The molecule has 84 valence electrons. The fraction of sp³-hybridized carbons (Fsp3) is 0.250. The largest absolute Gasteiger partial charge is 0.399 e. The Morgan fingerprint density at radius 1 is 1.44 bits per heavy atom. The van der Waals surface area contributed by atoms with Gasteiger partial charge in [0, 0.05) is 32.5 Å². The van der Waals surface area contributed by atoms with Crippen LogP contribution in [0.2, 0.25) is 0 Å². The molecule has 0 atom stereocenters. The summed E-state index contributed by atoms with van der Waals surface area (Å²) in [7, 11) is 3.96. The van der Waals surface area contributed by atoms with E-state index in [0.29, 0.717) is 0 Å². The molecule has 2 N–H and O–H groups in total. The molecule has 16 heavy (non-hydrogen) atoms. The molecule has 4 nitrogen and oxygen atoms in total. The van der Waals surface area contributed by atoms with Crippen molar-refractivity contribution in [2.75, 3.05) is 17.7 Å². The van der Waals surface area contributed by atoms with Crippen LogP contribution in [-0.2, 0) is 13.6 Å². The molecule has 1 aromatic heterocycles. The van der Waals surface area contributed by atoms with E-state index in [1.54, 1.807) is 4.68 Å². The fourth-order valence-electron chi connectivity index (χ4n) is 1.66. The molecule has 2 aromatic rings. The minimum absolute atomic E-state index is 0.803. The summed E-state index contributed by atoms with van der Waals surface area (Å²) in [5, 5.41) is 4.15. The van der Waals surface area contributed by atoms with Crippen molar-refractivity contribution in [3.05, 3.63) is 42.2 Å². The van der Waals surface area contributed by atoms with E-state index >= 15 is 0 Å². The Morgan fingerprint density at radius 2 is 2.25 bits per heavy atom. The van der Waals surface area contributed by atoms with Crippen molar-refractivity contribution < 1.29 is 0 Å². The molecular weight excluding hydrogens is 200 g/mol. The van der Waals surface area contributed by atoms with Gasteiger partial charge in [0.25, 0.3) is 0 Å². The molecule has 0 fully saturated rings. The highest BCUT2D eigenvalue weighted by Gasteiger charge is 2.04. The van der Waals surface area contributed by atoms with Crippen LogP contribution < -0.4 is 10.6 Å². The van der Waals surface area contributed by atoms with E-state index in [1.165, 1.54) is 5.56 Å². The molecule has 0 aliphatic carbocycles. The Balaban J connectivity index is 2.10. The second kappa shape index (κ2) is 4.26. The van der Waals surface area contributed by atoms with Crippen molar-refractivity contribution in [1.82, 2.24) is 9.78 Å². The SMILES string of the molecule is CN(Cc1cccc(N)c1)c1cnn(C)c1. The van der Waals surface area contributed by atoms with Gasteiger partial charge in [0.15, 0.2) is 0 Å². The van der Waals surface area contributed by atoms with Crippen molar-refractivity contribution in [3.8, 4) is 0 Å². The van der Waals surface area contributed by atoms with Gasteiger partial charge >= 0.3 is 0 Å². The minimum atomic E-state index is 0.803. The number of nitrogens with two attached hydrogens (primary N) is 1. The third-order valence-corrected chi connectivity index (χ3v) is 2.50. The minimum Gasteiger partial charge on any atom is -0.399 e. The maximum Gasteiger partial charge on any atom is 0.0752 e. The van der Waals surface area contributed by atoms with E-state index in [-0.39, 0.29) is 0 Å². The number of aromatic nitrogens is 2. The van der Waals surface area contributed by atoms with Crippen molar-refractivity contribution in [2.45, 2.75) is 6.54 Å².